The number of nitrogens with zero attached hydrogens (tertiary/aromatic N) is 4. The molecule has 1 aliphatic carbocycles. The highest BCUT2D eigenvalue weighted by Gasteiger charge is 2.73. The zero-order chi connectivity index (χ0) is 41.5. The minimum absolute atomic E-state index is 0.0456. The molecule has 0 saturated heterocycles. The minimum atomic E-state index is -6.69. The second-order valence-electron chi connectivity index (χ2n) is 13.0. The van der Waals surface area contributed by atoms with Crippen LogP contribution >= 0.6 is 23.2 Å². The lowest BCUT2D eigenvalue weighted by atomic mass is 9.93. The summed E-state index contributed by atoms with van der Waals surface area (Å²) in [7, 11) is 0. The number of rotatable bonds is 11. The van der Waals surface area contributed by atoms with Crippen LogP contribution in [0.15, 0.2) is 42.7 Å². The predicted molar refractivity (Wildman–Crippen MR) is 170 cm³/mol. The molecule has 0 aliphatic heterocycles. The Kier molecular flexibility index (Phi) is 11.8. The van der Waals surface area contributed by atoms with Crippen LogP contribution in [0.3, 0.4) is 0 Å². The molecule has 0 unspecified atom stereocenters. The zero-order valence-corrected chi connectivity index (χ0v) is 29.9. The van der Waals surface area contributed by atoms with Gasteiger partial charge in [-0.3, -0.25) is 19.3 Å². The number of benzene rings is 2. The van der Waals surface area contributed by atoms with Crippen molar-refractivity contribution in [1.29, 1.82) is 5.26 Å². The molecule has 22 heteroatoms. The van der Waals surface area contributed by atoms with E-state index >= 15 is 0 Å². The molecule has 0 N–H and O–H groups in total. The summed E-state index contributed by atoms with van der Waals surface area (Å²) in [5, 5.41) is 12.2. The average molecular weight is 835 g/mol. The quantitative estimate of drug-likeness (QED) is 0.107. The summed E-state index contributed by atoms with van der Waals surface area (Å²) in [6, 6.07) is 4.99. The van der Waals surface area contributed by atoms with Crippen molar-refractivity contribution < 1.29 is 72.5 Å². The Morgan fingerprint density at radius 2 is 1.49 bits per heavy atom. The van der Waals surface area contributed by atoms with E-state index in [1.165, 1.54) is 12.1 Å². The fraction of sp³-hybridized carbons (Fsp3) is 0.424. The van der Waals surface area contributed by atoms with E-state index in [1.807, 2.05) is 6.07 Å². The third kappa shape index (κ3) is 9.55. The Labute approximate surface area is 314 Å². The van der Waals surface area contributed by atoms with Gasteiger partial charge >= 0.3 is 36.3 Å². The SMILES string of the molecule is CC(C)(C)OC(=O)CCC(=O)OCN(C(=O)c1cc(-c2cnn(-c3c(Cl)cc(C(F)(C(F)(F)F)C(F)(F)F)cc3OC(F)(F)F)c2)ccc1Cl)C1(C#N)CC1. The number of ether oxygens (including phenoxy) is 3. The Hall–Kier alpha value is -4.77. The largest absolute Gasteiger partial charge is 0.573 e. The number of hydrogen-bond acceptors (Lipinski definition) is 8. The number of carbonyl (C=O) groups is 3. The van der Waals surface area contributed by atoms with Gasteiger partial charge in [0, 0.05) is 17.3 Å². The third-order valence-electron chi connectivity index (χ3n) is 7.78. The highest BCUT2D eigenvalue weighted by molar-refractivity contribution is 6.34. The molecule has 0 radical (unpaired) electrons. The van der Waals surface area contributed by atoms with Gasteiger partial charge in [-0.25, -0.2) is 9.07 Å². The molecule has 2 aromatic carbocycles. The van der Waals surface area contributed by atoms with Gasteiger partial charge in [0.2, 0.25) is 0 Å². The minimum Gasteiger partial charge on any atom is -0.460 e. The van der Waals surface area contributed by atoms with Crippen molar-refractivity contribution in [2.45, 2.75) is 82.0 Å². The molecule has 0 bridgehead atoms. The van der Waals surface area contributed by atoms with Crippen molar-refractivity contribution in [2.75, 3.05) is 6.73 Å². The van der Waals surface area contributed by atoms with E-state index in [-0.39, 0.29) is 47.0 Å². The van der Waals surface area contributed by atoms with E-state index < -0.39 is 94.6 Å². The first kappa shape index (κ1) is 43.0. The monoisotopic (exact) mass is 834 g/mol. The highest BCUT2D eigenvalue weighted by atomic mass is 35.5. The number of hydrogen-bond donors (Lipinski definition) is 0. The van der Waals surface area contributed by atoms with Crippen LogP contribution in [0.5, 0.6) is 5.75 Å². The van der Waals surface area contributed by atoms with Gasteiger partial charge in [-0.2, -0.15) is 36.7 Å². The van der Waals surface area contributed by atoms with E-state index in [9.17, 15) is 63.5 Å². The first-order valence-corrected chi connectivity index (χ1v) is 16.3. The lowest BCUT2D eigenvalue weighted by Crippen LogP contribution is -2.50. The van der Waals surface area contributed by atoms with Crippen LogP contribution in [-0.4, -0.2) is 69.1 Å². The molecule has 0 spiro atoms. The van der Waals surface area contributed by atoms with Crippen LogP contribution in [0.4, 0.5) is 43.9 Å². The van der Waals surface area contributed by atoms with Crippen molar-refractivity contribution in [3.63, 3.8) is 0 Å². The number of aromatic nitrogens is 2. The van der Waals surface area contributed by atoms with E-state index in [1.54, 1.807) is 20.8 Å². The molecule has 1 saturated carbocycles. The van der Waals surface area contributed by atoms with Crippen LogP contribution < -0.4 is 4.74 Å². The van der Waals surface area contributed by atoms with Crippen molar-refractivity contribution in [3.8, 4) is 28.6 Å². The molecule has 1 aliphatic rings. The number of carbonyl (C=O) groups excluding carboxylic acids is 3. The Balaban J connectivity index is 1.68. The van der Waals surface area contributed by atoms with Gasteiger partial charge in [0.15, 0.2) is 12.5 Å². The normalized spacial score (nSPS) is 14.5. The van der Waals surface area contributed by atoms with Gasteiger partial charge in [0.25, 0.3) is 5.91 Å². The average Bonchev–Trinajstić information content (AvgIpc) is 3.68. The van der Waals surface area contributed by atoms with Gasteiger partial charge in [-0.1, -0.05) is 29.3 Å². The molecule has 10 nitrogen and oxygen atoms in total. The smallest absolute Gasteiger partial charge is 0.460 e. The summed E-state index contributed by atoms with van der Waals surface area (Å²) in [6.07, 6.45) is -17.7. The van der Waals surface area contributed by atoms with Crippen molar-refractivity contribution in [3.05, 3.63) is 63.9 Å². The first-order chi connectivity index (χ1) is 25.1. The fourth-order valence-corrected chi connectivity index (χ4v) is 5.53. The van der Waals surface area contributed by atoms with Crippen molar-refractivity contribution in [1.82, 2.24) is 14.7 Å². The summed E-state index contributed by atoms with van der Waals surface area (Å²) in [5.41, 5.74) is -12.1. The molecule has 1 heterocycles. The Morgan fingerprint density at radius 3 is 2.02 bits per heavy atom. The second kappa shape index (κ2) is 15.0. The number of esters is 2. The molecule has 1 aromatic heterocycles. The maximum atomic E-state index is 14.8. The summed E-state index contributed by atoms with van der Waals surface area (Å²) in [4.78, 5) is 39.1. The molecule has 3 aromatic rings. The van der Waals surface area contributed by atoms with Gasteiger partial charge in [0.05, 0.1) is 40.7 Å². The van der Waals surface area contributed by atoms with Crippen LogP contribution in [0.25, 0.3) is 16.8 Å². The van der Waals surface area contributed by atoms with E-state index in [2.05, 4.69) is 9.84 Å². The number of amides is 1. The molecule has 0 atom stereocenters. The zero-order valence-electron chi connectivity index (χ0n) is 28.4. The fourth-order valence-electron chi connectivity index (χ4n) is 5.04. The summed E-state index contributed by atoms with van der Waals surface area (Å²) >= 11 is 12.2. The van der Waals surface area contributed by atoms with Crippen LogP contribution in [0.1, 0.15) is 62.4 Å². The topological polar surface area (TPSA) is 124 Å². The van der Waals surface area contributed by atoms with Crippen molar-refractivity contribution >= 4 is 41.0 Å². The highest BCUT2D eigenvalue weighted by Crippen LogP contribution is 2.55. The van der Waals surface area contributed by atoms with Gasteiger partial charge in [0.1, 0.15) is 16.8 Å². The molecule has 298 valence electrons. The van der Waals surface area contributed by atoms with Gasteiger partial charge in [-0.05, 0) is 63.4 Å². The molecule has 1 amide bonds. The molecular formula is C33H26Cl2F10N4O6. The number of alkyl halides is 10. The van der Waals surface area contributed by atoms with Crippen LogP contribution in [0.2, 0.25) is 10.0 Å². The molecule has 1 fully saturated rings. The maximum absolute atomic E-state index is 14.8. The van der Waals surface area contributed by atoms with Gasteiger partial charge < -0.3 is 14.2 Å². The lowest BCUT2D eigenvalue weighted by Gasteiger charge is -2.31. The lowest BCUT2D eigenvalue weighted by molar-refractivity contribution is -0.348. The number of halogens is 12. The third-order valence-corrected chi connectivity index (χ3v) is 8.39. The summed E-state index contributed by atoms with van der Waals surface area (Å²) in [5.74, 6) is -4.29. The van der Waals surface area contributed by atoms with E-state index in [0.717, 1.165) is 23.4 Å². The summed E-state index contributed by atoms with van der Waals surface area (Å²) in [6.45, 7) is 4.13. The van der Waals surface area contributed by atoms with E-state index in [0.29, 0.717) is 4.68 Å². The van der Waals surface area contributed by atoms with Crippen LogP contribution in [-0.2, 0) is 24.7 Å². The van der Waals surface area contributed by atoms with Crippen LogP contribution in [0, 0.1) is 11.3 Å². The number of nitriles is 1. The van der Waals surface area contributed by atoms with Gasteiger partial charge in [-0.15, -0.1) is 13.2 Å². The Morgan fingerprint density at radius 1 is 0.891 bits per heavy atom. The van der Waals surface area contributed by atoms with E-state index in [4.69, 9.17) is 32.7 Å². The Bertz CT molecular complexity index is 2000. The van der Waals surface area contributed by atoms with Crippen molar-refractivity contribution in [2.24, 2.45) is 0 Å². The standard InChI is InChI=1S/C33H26Cl2F10N4O6/c1-28(2,3)55-25(51)7-6-24(50)53-16-48(29(15-46)8-9-29)27(52)20-10-17(4-5-21(20)34)18-13-47-49(14-18)26-22(35)11-19(12-23(26)54-33(43,44)45)30(36,31(37,38)39)32(40,41)42/h4-5,10-14H,6-9,16H2,1-3H3. The molecule has 4 rings (SSSR count). The molecular weight excluding hydrogens is 809 g/mol. The first-order valence-electron chi connectivity index (χ1n) is 15.5. The summed E-state index contributed by atoms with van der Waals surface area (Å²) < 4.78 is 150. The predicted octanol–water partition coefficient (Wildman–Crippen LogP) is 9.16. The second-order valence-corrected chi connectivity index (χ2v) is 13.8. The maximum Gasteiger partial charge on any atom is 0.573 e. The molecule has 55 heavy (non-hydrogen) atoms.